The first-order valence-electron chi connectivity index (χ1n) is 13.0. The highest BCUT2D eigenvalue weighted by Gasteiger charge is 2.20. The third kappa shape index (κ3) is 6.91. The number of nitrogens with one attached hydrogen (secondary N) is 2. The third-order valence-electron chi connectivity index (χ3n) is 6.55. The molecule has 0 heterocycles. The van der Waals surface area contributed by atoms with Crippen molar-refractivity contribution in [3.63, 3.8) is 0 Å². The lowest BCUT2D eigenvalue weighted by Crippen LogP contribution is -2.34. The molecular weight excluding hydrogens is 524 g/mol. The Kier molecular flexibility index (Phi) is 9.36. The first-order valence-corrected chi connectivity index (χ1v) is 13.0. The number of benzene rings is 3. The SMILES string of the molecule is COc1ccc(NC(=O)N(Cc2ccc(C(=O)NC3=CCCC=C3N)cc2)c2ccc(OC)c(OC)c2)cc1OC. The van der Waals surface area contributed by atoms with E-state index in [2.05, 4.69) is 10.6 Å². The molecule has 0 saturated heterocycles. The molecule has 3 aromatic rings. The smallest absolute Gasteiger partial charge is 0.326 e. The van der Waals surface area contributed by atoms with Gasteiger partial charge in [0.1, 0.15) is 0 Å². The quantitative estimate of drug-likeness (QED) is 0.312. The summed E-state index contributed by atoms with van der Waals surface area (Å²) in [7, 11) is 6.16. The van der Waals surface area contributed by atoms with Crippen molar-refractivity contribution in [1.82, 2.24) is 5.32 Å². The van der Waals surface area contributed by atoms with Gasteiger partial charge in [0, 0.05) is 29.1 Å². The van der Waals surface area contributed by atoms with Gasteiger partial charge in [-0.15, -0.1) is 0 Å². The fraction of sp³-hybridized carbons (Fsp3) is 0.226. The number of hydrogen-bond acceptors (Lipinski definition) is 7. The minimum Gasteiger partial charge on any atom is -0.493 e. The van der Waals surface area contributed by atoms with Crippen molar-refractivity contribution in [2.45, 2.75) is 19.4 Å². The Hall–Kier alpha value is -5.12. The summed E-state index contributed by atoms with van der Waals surface area (Å²) < 4.78 is 21.5. The number of hydrogen-bond donors (Lipinski definition) is 3. The van der Waals surface area contributed by atoms with E-state index in [4.69, 9.17) is 24.7 Å². The molecule has 41 heavy (non-hydrogen) atoms. The van der Waals surface area contributed by atoms with E-state index in [9.17, 15) is 9.59 Å². The fourth-order valence-electron chi connectivity index (χ4n) is 4.33. The first kappa shape index (κ1) is 28.9. The highest BCUT2D eigenvalue weighted by Crippen LogP contribution is 2.33. The van der Waals surface area contributed by atoms with Crippen molar-refractivity contribution in [2.75, 3.05) is 38.7 Å². The van der Waals surface area contributed by atoms with Gasteiger partial charge < -0.3 is 35.3 Å². The predicted octanol–water partition coefficient (Wildman–Crippen LogP) is 5.21. The molecule has 0 bridgehead atoms. The molecule has 10 heteroatoms. The number of rotatable bonds is 10. The van der Waals surface area contributed by atoms with Crippen LogP contribution < -0.4 is 40.2 Å². The summed E-state index contributed by atoms with van der Waals surface area (Å²) in [6.07, 6.45) is 5.50. The minimum absolute atomic E-state index is 0.206. The molecule has 4 N–H and O–H groups in total. The van der Waals surface area contributed by atoms with Crippen LogP contribution in [0.1, 0.15) is 28.8 Å². The highest BCUT2D eigenvalue weighted by molar-refractivity contribution is 6.02. The van der Waals surface area contributed by atoms with E-state index >= 15 is 0 Å². The van der Waals surface area contributed by atoms with E-state index < -0.39 is 6.03 Å². The zero-order valence-electron chi connectivity index (χ0n) is 23.5. The standard InChI is InChI=1S/C31H34N4O6/c1-38-26-15-13-22(17-28(26)40-3)33-31(37)35(23-14-16-27(39-2)29(18-23)41-4)19-20-9-11-21(12-10-20)30(36)34-25-8-6-5-7-24(25)32/h7-18H,5-6,19,32H2,1-4H3,(H,33,37)(H,34,36). The fourth-order valence-corrected chi connectivity index (χ4v) is 4.33. The van der Waals surface area contributed by atoms with Crippen LogP contribution in [0.2, 0.25) is 0 Å². The van der Waals surface area contributed by atoms with Gasteiger partial charge in [0.25, 0.3) is 5.91 Å². The van der Waals surface area contributed by atoms with Crippen molar-refractivity contribution in [1.29, 1.82) is 0 Å². The number of allylic oxidation sites excluding steroid dienone is 2. The maximum absolute atomic E-state index is 13.6. The second-order valence-corrected chi connectivity index (χ2v) is 9.13. The average molecular weight is 559 g/mol. The van der Waals surface area contributed by atoms with Crippen molar-refractivity contribution in [3.05, 3.63) is 95.3 Å². The molecule has 10 nitrogen and oxygen atoms in total. The number of urea groups is 1. The second-order valence-electron chi connectivity index (χ2n) is 9.13. The van der Waals surface area contributed by atoms with Crippen LogP contribution in [0, 0.1) is 0 Å². The molecule has 0 aromatic heterocycles. The number of carbonyl (C=O) groups is 2. The molecule has 3 aromatic carbocycles. The van der Waals surface area contributed by atoms with E-state index in [-0.39, 0.29) is 12.5 Å². The summed E-state index contributed by atoms with van der Waals surface area (Å²) in [5, 5.41) is 5.79. The van der Waals surface area contributed by atoms with E-state index in [1.54, 1.807) is 79.8 Å². The summed E-state index contributed by atoms with van der Waals surface area (Å²) in [6, 6.07) is 17.0. The molecular formula is C31H34N4O6. The molecule has 3 amide bonds. The Balaban J connectivity index is 1.58. The number of amides is 3. The number of ether oxygens (including phenoxy) is 4. The van der Waals surface area contributed by atoms with E-state index in [0.717, 1.165) is 18.4 Å². The molecule has 1 aliphatic carbocycles. The van der Waals surface area contributed by atoms with Gasteiger partial charge in [-0.05, 0) is 54.8 Å². The number of nitrogens with two attached hydrogens (primary N) is 1. The summed E-state index contributed by atoms with van der Waals surface area (Å²) in [5.41, 5.74) is 9.56. The number of carbonyl (C=O) groups excluding carboxylic acids is 2. The maximum Gasteiger partial charge on any atom is 0.326 e. The Labute approximate surface area is 239 Å². The van der Waals surface area contributed by atoms with E-state index in [1.807, 2.05) is 12.2 Å². The second kappa shape index (κ2) is 13.3. The maximum atomic E-state index is 13.6. The number of anilines is 2. The molecule has 0 atom stereocenters. The van der Waals surface area contributed by atoms with Crippen LogP contribution in [-0.4, -0.2) is 40.4 Å². The topological polar surface area (TPSA) is 124 Å². The van der Waals surface area contributed by atoms with Gasteiger partial charge in [-0.1, -0.05) is 24.3 Å². The lowest BCUT2D eigenvalue weighted by Gasteiger charge is -2.25. The van der Waals surface area contributed by atoms with Crippen LogP contribution >= 0.6 is 0 Å². The molecule has 1 aliphatic rings. The summed E-state index contributed by atoms with van der Waals surface area (Å²) in [5.74, 6) is 1.79. The van der Waals surface area contributed by atoms with Gasteiger partial charge in [-0.2, -0.15) is 0 Å². The lowest BCUT2D eigenvalue weighted by atomic mass is 10.1. The van der Waals surface area contributed by atoms with Gasteiger partial charge in [0.05, 0.1) is 46.4 Å². The van der Waals surface area contributed by atoms with Crippen LogP contribution in [0.25, 0.3) is 0 Å². The van der Waals surface area contributed by atoms with Crippen molar-refractivity contribution >= 4 is 23.3 Å². The summed E-state index contributed by atoms with van der Waals surface area (Å²) >= 11 is 0. The van der Waals surface area contributed by atoms with Crippen LogP contribution in [0.15, 0.2) is 84.2 Å². The Morgan fingerprint density at radius 2 is 1.37 bits per heavy atom. The Morgan fingerprint density at radius 3 is 2.00 bits per heavy atom. The average Bonchev–Trinajstić information content (AvgIpc) is 3.00. The zero-order valence-corrected chi connectivity index (χ0v) is 23.5. The van der Waals surface area contributed by atoms with Crippen molar-refractivity contribution in [2.24, 2.45) is 5.73 Å². The monoisotopic (exact) mass is 558 g/mol. The Morgan fingerprint density at radius 1 is 0.756 bits per heavy atom. The van der Waals surface area contributed by atoms with Gasteiger partial charge in [-0.3, -0.25) is 9.69 Å². The highest BCUT2D eigenvalue weighted by atomic mass is 16.5. The molecule has 0 radical (unpaired) electrons. The molecule has 214 valence electrons. The van der Waals surface area contributed by atoms with Crippen LogP contribution in [0.3, 0.4) is 0 Å². The van der Waals surface area contributed by atoms with Gasteiger partial charge >= 0.3 is 6.03 Å². The molecule has 0 fully saturated rings. The van der Waals surface area contributed by atoms with Gasteiger partial charge in [0.15, 0.2) is 23.0 Å². The molecule has 0 aliphatic heterocycles. The predicted molar refractivity (Wildman–Crippen MR) is 158 cm³/mol. The van der Waals surface area contributed by atoms with Crippen molar-refractivity contribution < 1.29 is 28.5 Å². The van der Waals surface area contributed by atoms with Gasteiger partial charge in [-0.25, -0.2) is 4.79 Å². The molecule has 0 spiro atoms. The number of methoxy groups -OCH3 is 4. The van der Waals surface area contributed by atoms with Crippen LogP contribution in [0.5, 0.6) is 23.0 Å². The first-order chi connectivity index (χ1) is 19.9. The normalized spacial score (nSPS) is 12.4. The number of nitrogens with zero attached hydrogens (tertiary/aromatic N) is 1. The lowest BCUT2D eigenvalue weighted by molar-refractivity contribution is 0.0966. The van der Waals surface area contributed by atoms with Crippen molar-refractivity contribution in [3.8, 4) is 23.0 Å². The van der Waals surface area contributed by atoms with Gasteiger partial charge in [0.2, 0.25) is 0 Å². The minimum atomic E-state index is -0.391. The van der Waals surface area contributed by atoms with E-state index in [0.29, 0.717) is 51.3 Å². The zero-order chi connectivity index (χ0) is 29.4. The Bertz CT molecular complexity index is 1470. The van der Waals surface area contributed by atoms with Crippen LogP contribution in [0.4, 0.5) is 16.2 Å². The summed E-state index contributed by atoms with van der Waals surface area (Å²) in [4.78, 5) is 28.0. The molecule has 0 unspecified atom stereocenters. The third-order valence-corrected chi connectivity index (χ3v) is 6.55. The largest absolute Gasteiger partial charge is 0.493 e. The summed E-state index contributed by atoms with van der Waals surface area (Å²) in [6.45, 7) is 0.206. The molecule has 4 rings (SSSR count). The van der Waals surface area contributed by atoms with Crippen LogP contribution in [-0.2, 0) is 6.54 Å². The molecule has 0 saturated carbocycles. The van der Waals surface area contributed by atoms with E-state index in [1.165, 1.54) is 14.2 Å².